The van der Waals surface area contributed by atoms with E-state index < -0.39 is 5.97 Å². The van der Waals surface area contributed by atoms with E-state index in [4.69, 9.17) is 5.11 Å². The van der Waals surface area contributed by atoms with Gasteiger partial charge in [-0.05, 0) is 48.8 Å². The van der Waals surface area contributed by atoms with Gasteiger partial charge in [0.2, 0.25) is 0 Å². The van der Waals surface area contributed by atoms with E-state index in [0.717, 1.165) is 18.9 Å². The van der Waals surface area contributed by atoms with Crippen LogP contribution < -0.4 is 0 Å². The zero-order chi connectivity index (χ0) is 15.4. The Morgan fingerprint density at radius 2 is 2.10 bits per heavy atom. The smallest absolute Gasteiger partial charge is 0.328 e. The number of carboxylic acid groups (broad SMARTS) is 1. The molecule has 1 amide bonds. The first kappa shape index (κ1) is 15.7. The van der Waals surface area contributed by atoms with E-state index in [0.29, 0.717) is 23.5 Å². The summed E-state index contributed by atoms with van der Waals surface area (Å²) < 4.78 is 0. The summed E-state index contributed by atoms with van der Waals surface area (Å²) in [4.78, 5) is 25.4. The number of aliphatic carboxylic acids is 1. The zero-order valence-corrected chi connectivity index (χ0v) is 12.7. The average molecular weight is 309 g/mol. The van der Waals surface area contributed by atoms with Gasteiger partial charge in [0.25, 0.3) is 5.91 Å². The van der Waals surface area contributed by atoms with E-state index in [-0.39, 0.29) is 17.9 Å². The molecule has 1 atom stereocenters. The highest BCUT2D eigenvalue weighted by molar-refractivity contribution is 7.12. The molecule has 2 N–H and O–H groups in total. The molecule has 6 heteroatoms. The molecule has 0 aliphatic carbocycles. The summed E-state index contributed by atoms with van der Waals surface area (Å²) in [5, 5.41) is 20.0. The quantitative estimate of drug-likeness (QED) is 0.835. The molecule has 21 heavy (non-hydrogen) atoms. The Morgan fingerprint density at radius 1 is 1.43 bits per heavy atom. The standard InChI is InChI=1S/C15H19NO4S/c1-10(17)11-4-7-16(8-5-11)15(20)14-12(6-9-21-14)2-3-13(18)19/h2-3,6,9-11,17H,4-5,7-8H2,1H3,(H,18,19)/b3-2+. The highest BCUT2D eigenvalue weighted by Crippen LogP contribution is 2.25. The van der Waals surface area contributed by atoms with E-state index in [1.807, 2.05) is 0 Å². The van der Waals surface area contributed by atoms with E-state index in [1.54, 1.807) is 23.3 Å². The molecule has 1 unspecified atom stereocenters. The van der Waals surface area contributed by atoms with Crippen molar-refractivity contribution in [2.75, 3.05) is 13.1 Å². The van der Waals surface area contributed by atoms with E-state index in [1.165, 1.54) is 17.4 Å². The predicted octanol–water partition coefficient (Wildman–Crippen LogP) is 2.08. The maximum Gasteiger partial charge on any atom is 0.328 e. The van der Waals surface area contributed by atoms with Gasteiger partial charge in [-0.25, -0.2) is 4.79 Å². The number of carbonyl (C=O) groups is 2. The molecule has 1 fully saturated rings. The topological polar surface area (TPSA) is 77.8 Å². The first-order chi connectivity index (χ1) is 9.99. The third-order valence-electron chi connectivity index (χ3n) is 3.80. The normalized spacial score (nSPS) is 18.1. The van der Waals surface area contributed by atoms with E-state index in [9.17, 15) is 14.7 Å². The first-order valence-corrected chi connectivity index (χ1v) is 7.83. The molecule has 0 bridgehead atoms. The van der Waals surface area contributed by atoms with Crippen molar-refractivity contribution in [2.45, 2.75) is 25.9 Å². The molecule has 1 aliphatic rings. The Hall–Kier alpha value is -1.66. The lowest BCUT2D eigenvalue weighted by Gasteiger charge is -2.33. The van der Waals surface area contributed by atoms with Crippen molar-refractivity contribution in [3.63, 3.8) is 0 Å². The van der Waals surface area contributed by atoms with E-state index in [2.05, 4.69) is 0 Å². The minimum atomic E-state index is -1.03. The maximum atomic E-state index is 12.5. The molecule has 2 heterocycles. The number of piperidine rings is 1. The van der Waals surface area contributed by atoms with Crippen molar-refractivity contribution in [3.8, 4) is 0 Å². The van der Waals surface area contributed by atoms with Gasteiger partial charge in [-0.1, -0.05) is 0 Å². The van der Waals surface area contributed by atoms with Crippen molar-refractivity contribution in [1.82, 2.24) is 4.90 Å². The summed E-state index contributed by atoms with van der Waals surface area (Å²) in [5.41, 5.74) is 0.644. The van der Waals surface area contributed by atoms with Gasteiger partial charge in [-0.15, -0.1) is 11.3 Å². The highest BCUT2D eigenvalue weighted by atomic mass is 32.1. The maximum absolute atomic E-state index is 12.5. The number of rotatable bonds is 4. The number of thiophene rings is 1. The Labute approximate surface area is 127 Å². The van der Waals surface area contributed by atoms with Gasteiger partial charge in [0.05, 0.1) is 11.0 Å². The van der Waals surface area contributed by atoms with Crippen LogP contribution in [0.1, 0.15) is 35.0 Å². The second-order valence-electron chi connectivity index (χ2n) is 5.25. The fourth-order valence-corrected chi connectivity index (χ4v) is 3.37. The summed E-state index contributed by atoms with van der Waals surface area (Å²) in [5.74, 6) is -0.833. The Kier molecular flexibility index (Phi) is 5.14. The summed E-state index contributed by atoms with van der Waals surface area (Å²) >= 11 is 1.33. The van der Waals surface area contributed by atoms with Crippen LogP contribution in [0, 0.1) is 5.92 Å². The predicted molar refractivity (Wildman–Crippen MR) is 81.3 cm³/mol. The van der Waals surface area contributed by atoms with Crippen LogP contribution in [0.3, 0.4) is 0 Å². The third kappa shape index (κ3) is 3.92. The molecule has 1 saturated heterocycles. The van der Waals surface area contributed by atoms with Gasteiger partial charge in [-0.3, -0.25) is 4.79 Å². The molecule has 1 aromatic heterocycles. The number of nitrogens with zero attached hydrogens (tertiary/aromatic N) is 1. The molecule has 0 radical (unpaired) electrons. The van der Waals surface area contributed by atoms with Crippen molar-refractivity contribution in [2.24, 2.45) is 5.92 Å². The molecular weight excluding hydrogens is 290 g/mol. The molecule has 0 spiro atoms. The summed E-state index contributed by atoms with van der Waals surface area (Å²) in [7, 11) is 0. The highest BCUT2D eigenvalue weighted by Gasteiger charge is 2.27. The van der Waals surface area contributed by atoms with Crippen LogP contribution in [0.25, 0.3) is 6.08 Å². The summed E-state index contributed by atoms with van der Waals surface area (Å²) in [6.45, 7) is 3.05. The molecule has 0 saturated carbocycles. The monoisotopic (exact) mass is 309 g/mol. The van der Waals surface area contributed by atoms with Crippen LogP contribution in [-0.2, 0) is 4.79 Å². The number of likely N-dealkylation sites (tertiary alicyclic amines) is 1. The second-order valence-corrected chi connectivity index (χ2v) is 6.16. The number of aliphatic hydroxyl groups is 1. The lowest BCUT2D eigenvalue weighted by molar-refractivity contribution is -0.131. The van der Waals surface area contributed by atoms with Gasteiger partial charge in [0, 0.05) is 19.2 Å². The molecule has 0 aromatic carbocycles. The SMILES string of the molecule is CC(O)C1CCN(C(=O)c2sccc2/C=C/C(=O)O)CC1. The van der Waals surface area contributed by atoms with Crippen LogP contribution in [-0.4, -0.2) is 46.2 Å². The van der Waals surface area contributed by atoms with Gasteiger partial charge >= 0.3 is 5.97 Å². The van der Waals surface area contributed by atoms with Gasteiger partial charge < -0.3 is 15.1 Å². The zero-order valence-electron chi connectivity index (χ0n) is 11.9. The first-order valence-electron chi connectivity index (χ1n) is 6.95. The largest absolute Gasteiger partial charge is 0.478 e. The molecule has 5 nitrogen and oxygen atoms in total. The Bertz CT molecular complexity index is 542. The minimum absolute atomic E-state index is 0.0564. The number of carboxylic acids is 1. The lowest BCUT2D eigenvalue weighted by Crippen LogP contribution is -2.40. The van der Waals surface area contributed by atoms with Gasteiger partial charge in [-0.2, -0.15) is 0 Å². The van der Waals surface area contributed by atoms with Crippen LogP contribution in [0.5, 0.6) is 0 Å². The Balaban J connectivity index is 2.05. The molecule has 1 aromatic rings. The number of carbonyl (C=O) groups excluding carboxylic acids is 1. The molecule has 114 valence electrons. The molecule has 1 aliphatic heterocycles. The summed E-state index contributed by atoms with van der Waals surface area (Å²) in [6.07, 6.45) is 3.76. The van der Waals surface area contributed by atoms with Crippen LogP contribution in [0.2, 0.25) is 0 Å². The number of hydrogen-bond donors (Lipinski definition) is 2. The molecule has 2 rings (SSSR count). The number of aliphatic hydroxyl groups excluding tert-OH is 1. The fraction of sp³-hybridized carbons (Fsp3) is 0.467. The number of amides is 1. The third-order valence-corrected chi connectivity index (χ3v) is 4.72. The number of hydrogen-bond acceptors (Lipinski definition) is 4. The minimum Gasteiger partial charge on any atom is -0.478 e. The lowest BCUT2D eigenvalue weighted by atomic mass is 9.92. The fourth-order valence-electron chi connectivity index (χ4n) is 2.51. The van der Waals surface area contributed by atoms with Crippen molar-refractivity contribution in [3.05, 3.63) is 28.0 Å². The average Bonchev–Trinajstić information content (AvgIpc) is 2.92. The van der Waals surface area contributed by atoms with Crippen LogP contribution >= 0.6 is 11.3 Å². The van der Waals surface area contributed by atoms with Crippen LogP contribution in [0.4, 0.5) is 0 Å². The Morgan fingerprint density at radius 3 is 2.67 bits per heavy atom. The van der Waals surface area contributed by atoms with Gasteiger partial charge in [0.15, 0.2) is 0 Å². The molecular formula is C15H19NO4S. The summed E-state index contributed by atoms with van der Waals surface area (Å²) in [6, 6.07) is 1.75. The van der Waals surface area contributed by atoms with Crippen molar-refractivity contribution < 1.29 is 19.8 Å². The van der Waals surface area contributed by atoms with Crippen molar-refractivity contribution in [1.29, 1.82) is 0 Å². The van der Waals surface area contributed by atoms with E-state index >= 15 is 0 Å². The van der Waals surface area contributed by atoms with Crippen molar-refractivity contribution >= 4 is 29.3 Å². The van der Waals surface area contributed by atoms with Crippen LogP contribution in [0.15, 0.2) is 17.5 Å². The second kappa shape index (κ2) is 6.87. The van der Waals surface area contributed by atoms with Gasteiger partial charge in [0.1, 0.15) is 0 Å².